The Morgan fingerprint density at radius 1 is 1.59 bits per heavy atom. The van der Waals surface area contributed by atoms with Crippen molar-refractivity contribution in [1.82, 2.24) is 15.1 Å². The van der Waals surface area contributed by atoms with E-state index in [1.807, 2.05) is 0 Å². The molecule has 2 rings (SSSR count). The van der Waals surface area contributed by atoms with Gasteiger partial charge in [0, 0.05) is 25.9 Å². The lowest BCUT2D eigenvalue weighted by Gasteiger charge is -2.10. The van der Waals surface area contributed by atoms with Crippen LogP contribution in [0.25, 0.3) is 0 Å². The lowest BCUT2D eigenvalue weighted by atomic mass is 10.1. The van der Waals surface area contributed by atoms with E-state index in [-0.39, 0.29) is 6.54 Å². The van der Waals surface area contributed by atoms with Crippen LogP contribution in [0.1, 0.15) is 12.8 Å². The van der Waals surface area contributed by atoms with Gasteiger partial charge in [-0.3, -0.25) is 14.8 Å². The van der Waals surface area contributed by atoms with Crippen molar-refractivity contribution >= 4 is 17.8 Å². The van der Waals surface area contributed by atoms with E-state index in [9.17, 15) is 9.59 Å². The van der Waals surface area contributed by atoms with E-state index < -0.39 is 17.4 Å². The van der Waals surface area contributed by atoms with E-state index in [4.69, 9.17) is 5.11 Å². The third-order valence-electron chi connectivity index (χ3n) is 2.85. The first-order valence-corrected chi connectivity index (χ1v) is 5.30. The summed E-state index contributed by atoms with van der Waals surface area (Å²) in [5, 5.41) is 18.0. The number of carbonyl (C=O) groups excluding carboxylic acids is 1. The largest absolute Gasteiger partial charge is 0.481 e. The van der Waals surface area contributed by atoms with Crippen LogP contribution in [-0.2, 0) is 11.8 Å². The molecule has 17 heavy (non-hydrogen) atoms. The molecule has 0 spiro atoms. The second-order valence-corrected chi connectivity index (χ2v) is 4.27. The predicted molar refractivity (Wildman–Crippen MR) is 59.5 cm³/mol. The molecule has 1 aromatic rings. The minimum absolute atomic E-state index is 0.154. The third kappa shape index (κ3) is 2.55. The molecule has 1 fully saturated rings. The Balaban J connectivity index is 1.80. The fraction of sp³-hybridized carbons (Fsp3) is 0.500. The van der Waals surface area contributed by atoms with Crippen LogP contribution in [0.2, 0.25) is 0 Å². The average Bonchev–Trinajstić information content (AvgIpc) is 2.96. The molecule has 0 unspecified atom stereocenters. The van der Waals surface area contributed by atoms with Crippen LogP contribution in [0.15, 0.2) is 12.3 Å². The second kappa shape index (κ2) is 4.08. The van der Waals surface area contributed by atoms with Gasteiger partial charge in [0.05, 0.1) is 5.41 Å². The Kier molecular flexibility index (Phi) is 2.74. The summed E-state index contributed by atoms with van der Waals surface area (Å²) in [4.78, 5) is 22.3. The molecule has 0 bridgehead atoms. The number of carboxylic acids is 1. The lowest BCUT2D eigenvalue weighted by Crippen LogP contribution is -2.36. The first-order valence-electron chi connectivity index (χ1n) is 5.30. The Hall–Kier alpha value is -2.05. The first-order chi connectivity index (χ1) is 8.02. The predicted octanol–water partition coefficient (Wildman–Crippen LogP) is 0.406. The van der Waals surface area contributed by atoms with Crippen LogP contribution in [0, 0.1) is 5.41 Å². The summed E-state index contributed by atoms with van der Waals surface area (Å²) in [6.07, 6.45) is 2.94. The molecule has 1 aromatic heterocycles. The van der Waals surface area contributed by atoms with Crippen LogP contribution >= 0.6 is 0 Å². The van der Waals surface area contributed by atoms with Crippen LogP contribution in [0.3, 0.4) is 0 Å². The molecule has 7 nitrogen and oxygen atoms in total. The van der Waals surface area contributed by atoms with Crippen molar-refractivity contribution in [1.29, 1.82) is 0 Å². The van der Waals surface area contributed by atoms with Gasteiger partial charge in [-0.05, 0) is 12.8 Å². The van der Waals surface area contributed by atoms with Crippen LogP contribution in [-0.4, -0.2) is 33.4 Å². The highest BCUT2D eigenvalue weighted by atomic mass is 16.4. The number of carboxylic acid groups (broad SMARTS) is 1. The Labute approximate surface area is 97.8 Å². The molecule has 1 heterocycles. The molecule has 1 aliphatic carbocycles. The molecule has 0 aliphatic heterocycles. The molecule has 0 radical (unpaired) electrons. The molecule has 7 heteroatoms. The Morgan fingerprint density at radius 2 is 2.29 bits per heavy atom. The summed E-state index contributed by atoms with van der Waals surface area (Å²) in [5.74, 6) is -0.416. The third-order valence-corrected chi connectivity index (χ3v) is 2.85. The highest BCUT2D eigenvalue weighted by Gasteiger charge is 2.50. The molecule has 0 aromatic carbocycles. The smallest absolute Gasteiger partial charge is 0.320 e. The fourth-order valence-electron chi connectivity index (χ4n) is 1.51. The number of aryl methyl sites for hydroxylation is 1. The number of aromatic nitrogens is 2. The monoisotopic (exact) mass is 238 g/mol. The fourth-order valence-corrected chi connectivity index (χ4v) is 1.51. The van der Waals surface area contributed by atoms with E-state index in [1.54, 1.807) is 24.0 Å². The van der Waals surface area contributed by atoms with Gasteiger partial charge in [0.1, 0.15) is 0 Å². The van der Waals surface area contributed by atoms with Crippen LogP contribution in [0.4, 0.5) is 10.6 Å². The van der Waals surface area contributed by atoms with Gasteiger partial charge in [0.15, 0.2) is 5.82 Å². The summed E-state index contributed by atoms with van der Waals surface area (Å²) in [7, 11) is 1.74. The maximum atomic E-state index is 11.5. The number of amides is 2. The standard InChI is InChI=1S/C10H14N4O3/c1-14-5-2-7(13-14)12-9(17)11-6-10(3-4-10)8(15)16/h2,5H,3-4,6H2,1H3,(H,15,16)(H2,11,12,13,17). The van der Waals surface area contributed by atoms with Crippen molar-refractivity contribution in [3.63, 3.8) is 0 Å². The van der Waals surface area contributed by atoms with Crippen molar-refractivity contribution in [2.75, 3.05) is 11.9 Å². The summed E-state index contributed by atoms with van der Waals surface area (Å²) >= 11 is 0. The van der Waals surface area contributed by atoms with Gasteiger partial charge in [-0.25, -0.2) is 4.79 Å². The molecule has 2 amide bonds. The highest BCUT2D eigenvalue weighted by molar-refractivity contribution is 5.89. The van der Waals surface area contributed by atoms with E-state index in [0.29, 0.717) is 18.7 Å². The van der Waals surface area contributed by atoms with Crippen LogP contribution < -0.4 is 10.6 Å². The molecule has 3 N–H and O–H groups in total. The zero-order valence-corrected chi connectivity index (χ0v) is 9.43. The van der Waals surface area contributed by atoms with Gasteiger partial charge in [-0.15, -0.1) is 0 Å². The van der Waals surface area contributed by atoms with Gasteiger partial charge < -0.3 is 10.4 Å². The zero-order chi connectivity index (χ0) is 12.5. The molecule has 0 saturated heterocycles. The summed E-state index contributed by atoms with van der Waals surface area (Å²) in [6.45, 7) is 0.154. The SMILES string of the molecule is Cn1ccc(NC(=O)NCC2(C(=O)O)CC2)n1. The van der Waals surface area contributed by atoms with Crippen molar-refractivity contribution in [3.05, 3.63) is 12.3 Å². The number of carbonyl (C=O) groups is 2. The lowest BCUT2D eigenvalue weighted by molar-refractivity contribution is -0.143. The quantitative estimate of drug-likeness (QED) is 0.707. The van der Waals surface area contributed by atoms with Crippen molar-refractivity contribution in [3.8, 4) is 0 Å². The van der Waals surface area contributed by atoms with Gasteiger partial charge in [0.25, 0.3) is 0 Å². The number of urea groups is 1. The van der Waals surface area contributed by atoms with Gasteiger partial charge in [-0.2, -0.15) is 5.10 Å². The maximum Gasteiger partial charge on any atom is 0.320 e. The Bertz CT molecular complexity index is 450. The van der Waals surface area contributed by atoms with E-state index in [0.717, 1.165) is 0 Å². The van der Waals surface area contributed by atoms with Crippen molar-refractivity contribution in [2.24, 2.45) is 12.5 Å². The summed E-state index contributed by atoms with van der Waals surface area (Å²) < 4.78 is 1.56. The Morgan fingerprint density at radius 3 is 2.76 bits per heavy atom. The minimum Gasteiger partial charge on any atom is -0.481 e. The van der Waals surface area contributed by atoms with E-state index in [2.05, 4.69) is 15.7 Å². The van der Waals surface area contributed by atoms with Gasteiger partial charge >= 0.3 is 12.0 Å². The number of nitrogens with zero attached hydrogens (tertiary/aromatic N) is 2. The van der Waals surface area contributed by atoms with Gasteiger partial charge in [0.2, 0.25) is 0 Å². The number of nitrogens with one attached hydrogen (secondary N) is 2. The summed E-state index contributed by atoms with van der Waals surface area (Å²) in [5.41, 5.74) is -0.749. The average molecular weight is 238 g/mol. The molecule has 92 valence electrons. The minimum atomic E-state index is -0.851. The number of rotatable bonds is 4. The van der Waals surface area contributed by atoms with E-state index in [1.165, 1.54) is 0 Å². The van der Waals surface area contributed by atoms with Crippen LogP contribution in [0.5, 0.6) is 0 Å². The number of aliphatic carboxylic acids is 1. The number of hydrogen-bond acceptors (Lipinski definition) is 3. The summed E-state index contributed by atoms with van der Waals surface area (Å²) in [6, 6.07) is 1.22. The molecule has 0 atom stereocenters. The topological polar surface area (TPSA) is 96.2 Å². The number of anilines is 1. The van der Waals surface area contributed by atoms with Gasteiger partial charge in [-0.1, -0.05) is 0 Å². The molecular formula is C10H14N4O3. The highest BCUT2D eigenvalue weighted by Crippen LogP contribution is 2.45. The number of hydrogen-bond donors (Lipinski definition) is 3. The normalized spacial score (nSPS) is 16.3. The molecular weight excluding hydrogens is 224 g/mol. The maximum absolute atomic E-state index is 11.5. The van der Waals surface area contributed by atoms with Crippen molar-refractivity contribution in [2.45, 2.75) is 12.8 Å². The molecule has 1 saturated carbocycles. The van der Waals surface area contributed by atoms with Crippen molar-refractivity contribution < 1.29 is 14.7 Å². The molecule has 1 aliphatic rings. The van der Waals surface area contributed by atoms with E-state index >= 15 is 0 Å². The zero-order valence-electron chi connectivity index (χ0n) is 9.43. The first kappa shape index (κ1) is 11.4. The second-order valence-electron chi connectivity index (χ2n) is 4.27.